The summed E-state index contributed by atoms with van der Waals surface area (Å²) in [7, 11) is -1.62. The van der Waals surface area contributed by atoms with Gasteiger partial charge >= 0.3 is 0 Å². The van der Waals surface area contributed by atoms with E-state index in [1.165, 1.54) is 0 Å². The van der Waals surface area contributed by atoms with E-state index in [1.807, 2.05) is 18.2 Å². The Kier molecular flexibility index (Phi) is 10.6. The first kappa shape index (κ1) is 25.1. The summed E-state index contributed by atoms with van der Waals surface area (Å²) in [6.45, 7) is 4.69. The van der Waals surface area contributed by atoms with Crippen molar-refractivity contribution < 1.29 is 13.2 Å². The van der Waals surface area contributed by atoms with Gasteiger partial charge in [-0.05, 0) is 31.4 Å². The molecule has 0 spiro atoms. The Morgan fingerprint density at radius 2 is 2.07 bits per heavy atom. The lowest BCUT2D eigenvalue weighted by Gasteiger charge is -2.37. The van der Waals surface area contributed by atoms with E-state index in [4.69, 9.17) is 4.74 Å². The molecule has 1 aromatic rings. The zero-order valence-electron chi connectivity index (χ0n) is 17.5. The van der Waals surface area contributed by atoms with Gasteiger partial charge in [-0.2, -0.15) is 0 Å². The van der Waals surface area contributed by atoms with Crippen LogP contribution in [-0.4, -0.2) is 89.0 Å². The number of halogens is 1. The van der Waals surface area contributed by atoms with Crippen LogP contribution in [0.2, 0.25) is 0 Å². The Morgan fingerprint density at radius 3 is 2.70 bits per heavy atom. The minimum absolute atomic E-state index is 0. The predicted molar refractivity (Wildman–Crippen MR) is 130 cm³/mol. The summed E-state index contributed by atoms with van der Waals surface area (Å²) in [6, 6.07) is 5.92. The number of hydrogen-bond acceptors (Lipinski definition) is 6. The van der Waals surface area contributed by atoms with Crippen LogP contribution in [0.4, 0.5) is 5.82 Å². The van der Waals surface area contributed by atoms with Crippen molar-refractivity contribution in [3.05, 3.63) is 24.4 Å². The van der Waals surface area contributed by atoms with E-state index < -0.39 is 10.0 Å². The van der Waals surface area contributed by atoms with Gasteiger partial charge in [0.1, 0.15) is 5.82 Å². The van der Waals surface area contributed by atoms with Crippen LogP contribution in [0.15, 0.2) is 29.4 Å². The van der Waals surface area contributed by atoms with E-state index in [9.17, 15) is 8.42 Å². The van der Waals surface area contributed by atoms with E-state index in [0.29, 0.717) is 13.1 Å². The molecule has 2 saturated heterocycles. The van der Waals surface area contributed by atoms with Crippen molar-refractivity contribution in [1.29, 1.82) is 0 Å². The third-order valence-corrected chi connectivity index (χ3v) is 6.57. The van der Waals surface area contributed by atoms with Crippen molar-refractivity contribution in [2.24, 2.45) is 4.99 Å². The Labute approximate surface area is 196 Å². The number of piperazine rings is 1. The lowest BCUT2D eigenvalue weighted by Crippen LogP contribution is -2.53. The summed E-state index contributed by atoms with van der Waals surface area (Å²) in [5.74, 6) is 1.72. The lowest BCUT2D eigenvalue weighted by molar-refractivity contribution is 0.0200. The van der Waals surface area contributed by atoms with Crippen LogP contribution in [0.25, 0.3) is 0 Å². The average Bonchev–Trinajstić information content (AvgIpc) is 2.77. The highest BCUT2D eigenvalue weighted by Crippen LogP contribution is 2.13. The fourth-order valence-corrected chi connectivity index (χ4v) is 4.53. The monoisotopic (exact) mass is 552 g/mol. The molecule has 0 bridgehead atoms. The van der Waals surface area contributed by atoms with Crippen LogP contribution in [0.3, 0.4) is 0 Å². The molecule has 1 aromatic heterocycles. The van der Waals surface area contributed by atoms with Crippen LogP contribution >= 0.6 is 24.0 Å². The summed E-state index contributed by atoms with van der Waals surface area (Å²) in [5.41, 5.74) is 0. The second-order valence-electron chi connectivity index (χ2n) is 7.29. The zero-order valence-corrected chi connectivity index (χ0v) is 20.6. The number of aliphatic imine (C=N–C) groups is 1. The molecule has 9 nitrogen and oxygen atoms in total. The van der Waals surface area contributed by atoms with Gasteiger partial charge in [-0.1, -0.05) is 6.07 Å². The van der Waals surface area contributed by atoms with Gasteiger partial charge in [0.05, 0.1) is 11.9 Å². The van der Waals surface area contributed by atoms with Crippen LogP contribution in [-0.2, 0) is 14.8 Å². The summed E-state index contributed by atoms with van der Waals surface area (Å²) < 4.78 is 32.7. The van der Waals surface area contributed by atoms with Crippen molar-refractivity contribution in [1.82, 2.24) is 19.9 Å². The Hall–Kier alpha value is -1.18. The minimum atomic E-state index is -3.34. The largest absolute Gasteiger partial charge is 0.377 e. The molecular formula is C19H33IN6O3S. The summed E-state index contributed by atoms with van der Waals surface area (Å²) >= 11 is 0. The van der Waals surface area contributed by atoms with Gasteiger partial charge in [-0.3, -0.25) is 4.99 Å². The highest BCUT2D eigenvalue weighted by molar-refractivity contribution is 14.0. The Bertz CT molecular complexity index is 751. The van der Waals surface area contributed by atoms with Gasteiger partial charge in [-0.15, -0.1) is 24.0 Å². The van der Waals surface area contributed by atoms with Crippen LogP contribution in [0, 0.1) is 0 Å². The van der Waals surface area contributed by atoms with E-state index in [2.05, 4.69) is 29.8 Å². The van der Waals surface area contributed by atoms with E-state index in [1.54, 1.807) is 13.2 Å². The first-order valence-electron chi connectivity index (χ1n) is 10.3. The van der Waals surface area contributed by atoms with Crippen molar-refractivity contribution in [3.63, 3.8) is 0 Å². The molecule has 11 heteroatoms. The molecule has 0 amide bonds. The molecule has 1 atom stereocenters. The number of sulfonamides is 1. The summed E-state index contributed by atoms with van der Waals surface area (Å²) in [6.07, 6.45) is 4.87. The SMILES string of the molecule is CN=C(NCCS(=O)(=O)NCC1CCCCO1)N1CCN(c2ccccn2)CC1.I. The molecule has 2 aliphatic rings. The van der Waals surface area contributed by atoms with Gasteiger partial charge in [0.2, 0.25) is 10.0 Å². The number of rotatable bonds is 7. The number of ether oxygens (including phenoxy) is 1. The molecule has 170 valence electrons. The number of nitrogens with zero attached hydrogens (tertiary/aromatic N) is 4. The van der Waals surface area contributed by atoms with Crippen molar-refractivity contribution in [2.45, 2.75) is 25.4 Å². The minimum Gasteiger partial charge on any atom is -0.377 e. The summed E-state index contributed by atoms with van der Waals surface area (Å²) in [5, 5.41) is 3.18. The second-order valence-corrected chi connectivity index (χ2v) is 9.22. The topological polar surface area (TPSA) is 99.2 Å². The number of hydrogen-bond donors (Lipinski definition) is 2. The maximum Gasteiger partial charge on any atom is 0.213 e. The van der Waals surface area contributed by atoms with Crippen LogP contribution < -0.4 is 14.9 Å². The standard InChI is InChI=1S/C19H32N6O3S.HI/c1-20-19(25-12-10-24(11-13-25)18-7-2-4-8-21-18)22-9-15-29(26,27)23-16-17-6-3-5-14-28-17;/h2,4,7-8,17,23H,3,5-6,9-16H2,1H3,(H,20,22);1H. The highest BCUT2D eigenvalue weighted by Gasteiger charge is 2.21. The molecule has 30 heavy (non-hydrogen) atoms. The predicted octanol–water partition coefficient (Wildman–Crippen LogP) is 0.886. The number of pyridine rings is 1. The molecule has 2 aliphatic heterocycles. The third kappa shape index (κ3) is 7.82. The number of aromatic nitrogens is 1. The number of guanidine groups is 1. The van der Waals surface area contributed by atoms with E-state index in [-0.39, 0.29) is 35.8 Å². The molecule has 0 aromatic carbocycles. The third-order valence-electron chi connectivity index (χ3n) is 5.22. The number of anilines is 1. The normalized spacial score (nSPS) is 20.6. The van der Waals surface area contributed by atoms with Crippen LogP contribution in [0.5, 0.6) is 0 Å². The molecule has 0 radical (unpaired) electrons. The van der Waals surface area contributed by atoms with E-state index >= 15 is 0 Å². The molecular weight excluding hydrogens is 519 g/mol. The fraction of sp³-hybridized carbons (Fsp3) is 0.684. The maximum atomic E-state index is 12.2. The van der Waals surface area contributed by atoms with Crippen LogP contribution in [0.1, 0.15) is 19.3 Å². The smallest absolute Gasteiger partial charge is 0.213 e. The molecule has 1 unspecified atom stereocenters. The average molecular weight is 552 g/mol. The first-order chi connectivity index (χ1) is 14.1. The number of nitrogens with one attached hydrogen (secondary N) is 2. The molecule has 3 heterocycles. The van der Waals surface area contributed by atoms with Gasteiger partial charge in [0.25, 0.3) is 0 Å². The van der Waals surface area contributed by atoms with Crippen molar-refractivity contribution in [2.75, 3.05) is 63.6 Å². The second kappa shape index (κ2) is 12.6. The molecule has 0 aliphatic carbocycles. The highest BCUT2D eigenvalue weighted by atomic mass is 127. The van der Waals surface area contributed by atoms with Crippen molar-refractivity contribution >= 4 is 45.8 Å². The van der Waals surface area contributed by atoms with Gasteiger partial charge < -0.3 is 19.9 Å². The van der Waals surface area contributed by atoms with Gasteiger partial charge in [0.15, 0.2) is 5.96 Å². The summed E-state index contributed by atoms with van der Waals surface area (Å²) in [4.78, 5) is 13.1. The molecule has 0 saturated carbocycles. The fourth-order valence-electron chi connectivity index (χ4n) is 3.58. The quantitative estimate of drug-likeness (QED) is 0.295. The lowest BCUT2D eigenvalue weighted by atomic mass is 10.1. The molecule has 2 fully saturated rings. The van der Waals surface area contributed by atoms with Gasteiger partial charge in [-0.25, -0.2) is 18.1 Å². The maximum absolute atomic E-state index is 12.2. The first-order valence-corrected chi connectivity index (χ1v) is 11.9. The Morgan fingerprint density at radius 1 is 1.27 bits per heavy atom. The molecule has 2 N–H and O–H groups in total. The van der Waals surface area contributed by atoms with Crippen molar-refractivity contribution in [3.8, 4) is 0 Å². The zero-order chi connectivity index (χ0) is 20.5. The van der Waals surface area contributed by atoms with E-state index in [0.717, 1.165) is 63.8 Å². The Balaban J connectivity index is 0.00000320. The van der Waals surface area contributed by atoms with Gasteiger partial charge in [0, 0.05) is 59.1 Å². The molecule has 3 rings (SSSR count).